The molecule has 0 bridgehead atoms. The Morgan fingerprint density at radius 1 is 1.35 bits per heavy atom. The molecule has 0 saturated heterocycles. The van der Waals surface area contributed by atoms with E-state index in [1.54, 1.807) is 33.9 Å². The zero-order valence-electron chi connectivity index (χ0n) is 10.6. The van der Waals surface area contributed by atoms with Gasteiger partial charge >= 0.3 is 6.09 Å². The fourth-order valence-corrected chi connectivity index (χ4v) is 1.14. The van der Waals surface area contributed by atoms with Crippen LogP contribution in [0.25, 0.3) is 0 Å². The van der Waals surface area contributed by atoms with E-state index in [1.165, 1.54) is 6.21 Å². The van der Waals surface area contributed by atoms with Crippen LogP contribution in [0, 0.1) is 0 Å². The van der Waals surface area contributed by atoms with Crippen LogP contribution in [-0.2, 0) is 4.74 Å². The number of nitrogens with zero attached hydrogens (tertiary/aromatic N) is 1. The second-order valence-electron chi connectivity index (χ2n) is 4.52. The number of amides is 1. The molecule has 0 aliphatic carbocycles. The Morgan fingerprint density at radius 3 is 2.65 bits per heavy atom. The fourth-order valence-electron chi connectivity index (χ4n) is 1.14. The molecular weight excluding hydrogens is 218 g/mol. The first-order valence-corrected chi connectivity index (χ1v) is 5.32. The van der Waals surface area contributed by atoms with Crippen molar-refractivity contribution in [3.63, 3.8) is 0 Å². The zero-order chi connectivity index (χ0) is 12.9. The van der Waals surface area contributed by atoms with Gasteiger partial charge in [-0.3, -0.25) is 0 Å². The summed E-state index contributed by atoms with van der Waals surface area (Å²) >= 11 is 0. The fraction of sp³-hybridized carbons (Fsp3) is 0.385. The van der Waals surface area contributed by atoms with Crippen LogP contribution in [0.2, 0.25) is 0 Å². The zero-order valence-corrected chi connectivity index (χ0v) is 10.6. The van der Waals surface area contributed by atoms with Crippen molar-refractivity contribution in [1.29, 1.82) is 0 Å². The van der Waals surface area contributed by atoms with E-state index >= 15 is 0 Å². The van der Waals surface area contributed by atoms with Gasteiger partial charge in [0.2, 0.25) is 0 Å². The Kier molecular flexibility index (Phi) is 4.26. The minimum Gasteiger partial charge on any atom is -0.497 e. The summed E-state index contributed by atoms with van der Waals surface area (Å²) in [6.45, 7) is 5.39. The second kappa shape index (κ2) is 5.48. The summed E-state index contributed by atoms with van der Waals surface area (Å²) in [6.07, 6.45) is 0.858. The van der Waals surface area contributed by atoms with Crippen LogP contribution in [-0.4, -0.2) is 25.0 Å². The normalized spacial score (nSPS) is 11.5. The lowest BCUT2D eigenvalue weighted by atomic mass is 10.2. The van der Waals surface area contributed by atoms with E-state index < -0.39 is 11.7 Å². The number of hydrogen-bond donors (Lipinski definition) is 0. The van der Waals surface area contributed by atoms with Gasteiger partial charge in [-0.05, 0) is 38.5 Å². The third-order valence-electron chi connectivity index (χ3n) is 1.81. The van der Waals surface area contributed by atoms with Crippen molar-refractivity contribution in [3.05, 3.63) is 29.8 Å². The SMILES string of the molecule is COc1cccc(C=NC(=O)OC(C)(C)C)c1. The van der Waals surface area contributed by atoms with Crippen LogP contribution in [0.3, 0.4) is 0 Å². The van der Waals surface area contributed by atoms with Gasteiger partial charge in [-0.2, -0.15) is 4.99 Å². The lowest BCUT2D eigenvalue weighted by Crippen LogP contribution is -2.21. The average molecular weight is 235 g/mol. The third-order valence-corrected chi connectivity index (χ3v) is 1.81. The molecule has 0 N–H and O–H groups in total. The predicted molar refractivity (Wildman–Crippen MR) is 66.8 cm³/mol. The maximum absolute atomic E-state index is 11.3. The van der Waals surface area contributed by atoms with Crippen LogP contribution in [0.15, 0.2) is 29.3 Å². The molecule has 1 aromatic carbocycles. The molecule has 0 radical (unpaired) electrons. The van der Waals surface area contributed by atoms with Crippen molar-refractivity contribution in [2.24, 2.45) is 4.99 Å². The quantitative estimate of drug-likeness (QED) is 0.740. The Morgan fingerprint density at radius 2 is 2.06 bits per heavy atom. The molecule has 0 heterocycles. The van der Waals surface area contributed by atoms with Crippen LogP contribution in [0.5, 0.6) is 5.75 Å². The summed E-state index contributed by atoms with van der Waals surface area (Å²) in [5.74, 6) is 0.720. The van der Waals surface area contributed by atoms with E-state index in [9.17, 15) is 4.79 Å². The topological polar surface area (TPSA) is 47.9 Å². The molecule has 0 atom stereocenters. The largest absolute Gasteiger partial charge is 0.497 e. The minimum absolute atomic E-state index is 0.525. The highest BCUT2D eigenvalue weighted by Crippen LogP contribution is 2.11. The van der Waals surface area contributed by atoms with Crippen molar-refractivity contribution in [2.45, 2.75) is 26.4 Å². The number of rotatable bonds is 2. The average Bonchev–Trinajstić information content (AvgIpc) is 2.24. The highest BCUT2D eigenvalue weighted by molar-refractivity contribution is 5.89. The summed E-state index contributed by atoms with van der Waals surface area (Å²) in [4.78, 5) is 15.0. The van der Waals surface area contributed by atoms with Crippen molar-refractivity contribution in [1.82, 2.24) is 0 Å². The number of methoxy groups -OCH3 is 1. The van der Waals surface area contributed by atoms with E-state index in [2.05, 4.69) is 4.99 Å². The van der Waals surface area contributed by atoms with E-state index in [1.807, 2.05) is 18.2 Å². The first kappa shape index (κ1) is 13.2. The van der Waals surface area contributed by atoms with Gasteiger partial charge in [0.1, 0.15) is 11.4 Å². The molecule has 4 nitrogen and oxygen atoms in total. The minimum atomic E-state index is -0.597. The monoisotopic (exact) mass is 235 g/mol. The van der Waals surface area contributed by atoms with Gasteiger partial charge in [0, 0.05) is 6.21 Å². The van der Waals surface area contributed by atoms with Crippen molar-refractivity contribution in [2.75, 3.05) is 7.11 Å². The summed E-state index contributed by atoms with van der Waals surface area (Å²) in [7, 11) is 1.59. The molecule has 4 heteroatoms. The highest BCUT2D eigenvalue weighted by Gasteiger charge is 2.14. The van der Waals surface area contributed by atoms with Gasteiger partial charge in [0.15, 0.2) is 0 Å². The van der Waals surface area contributed by atoms with Gasteiger partial charge in [-0.25, -0.2) is 4.79 Å². The molecule has 0 aliphatic heterocycles. The molecule has 0 aromatic heterocycles. The molecule has 0 aliphatic rings. The molecule has 1 aromatic rings. The molecule has 0 fully saturated rings. The van der Waals surface area contributed by atoms with Crippen LogP contribution >= 0.6 is 0 Å². The Bertz CT molecular complexity index is 419. The van der Waals surface area contributed by atoms with E-state index in [4.69, 9.17) is 9.47 Å². The van der Waals surface area contributed by atoms with Crippen molar-refractivity contribution < 1.29 is 14.3 Å². The summed E-state index contributed by atoms with van der Waals surface area (Å²) in [6, 6.07) is 7.27. The summed E-state index contributed by atoms with van der Waals surface area (Å²) in [5, 5.41) is 0. The van der Waals surface area contributed by atoms with Gasteiger partial charge in [0.05, 0.1) is 7.11 Å². The number of carbonyl (C=O) groups excluding carboxylic acids is 1. The van der Waals surface area contributed by atoms with Gasteiger partial charge in [-0.1, -0.05) is 12.1 Å². The standard InChI is InChI=1S/C13H17NO3/c1-13(2,3)17-12(15)14-9-10-6-5-7-11(8-10)16-4/h5-9H,1-4H3. The molecule has 0 spiro atoms. The van der Waals surface area contributed by atoms with Gasteiger partial charge in [0.25, 0.3) is 0 Å². The number of carbonyl (C=O) groups is 1. The number of benzene rings is 1. The molecule has 92 valence electrons. The number of ether oxygens (including phenoxy) is 2. The van der Waals surface area contributed by atoms with E-state index in [0.29, 0.717) is 0 Å². The smallest absolute Gasteiger partial charge is 0.434 e. The molecule has 0 unspecified atom stereocenters. The molecular formula is C13H17NO3. The first-order chi connectivity index (χ1) is 7.90. The second-order valence-corrected chi connectivity index (χ2v) is 4.52. The van der Waals surface area contributed by atoms with Crippen LogP contribution in [0.1, 0.15) is 26.3 Å². The van der Waals surface area contributed by atoms with Crippen LogP contribution in [0.4, 0.5) is 4.79 Å². The number of aliphatic imine (C=N–C) groups is 1. The van der Waals surface area contributed by atoms with Gasteiger partial charge < -0.3 is 9.47 Å². The Hall–Kier alpha value is -1.84. The summed E-state index contributed by atoms with van der Waals surface area (Å²) in [5.41, 5.74) is 0.262. The Balaban J connectivity index is 2.67. The van der Waals surface area contributed by atoms with Crippen molar-refractivity contribution in [3.8, 4) is 5.75 Å². The van der Waals surface area contributed by atoms with Gasteiger partial charge in [-0.15, -0.1) is 0 Å². The molecule has 0 saturated carbocycles. The molecule has 1 amide bonds. The maximum Gasteiger partial charge on any atom is 0.434 e. The maximum atomic E-state index is 11.3. The molecule has 17 heavy (non-hydrogen) atoms. The number of hydrogen-bond acceptors (Lipinski definition) is 3. The third kappa shape index (κ3) is 5.15. The Labute approximate surface area is 101 Å². The predicted octanol–water partition coefficient (Wildman–Crippen LogP) is 3.05. The van der Waals surface area contributed by atoms with E-state index in [-0.39, 0.29) is 0 Å². The lowest BCUT2D eigenvalue weighted by Gasteiger charge is -2.17. The van der Waals surface area contributed by atoms with Crippen LogP contribution < -0.4 is 4.74 Å². The molecule has 1 rings (SSSR count). The van der Waals surface area contributed by atoms with E-state index in [0.717, 1.165) is 11.3 Å². The lowest BCUT2D eigenvalue weighted by molar-refractivity contribution is 0.0605. The first-order valence-electron chi connectivity index (χ1n) is 5.32. The van der Waals surface area contributed by atoms with Crippen molar-refractivity contribution >= 4 is 12.3 Å². The summed E-state index contributed by atoms with van der Waals surface area (Å²) < 4.78 is 10.1. The highest BCUT2D eigenvalue weighted by atomic mass is 16.6.